The first-order valence-corrected chi connectivity index (χ1v) is 9.71. The van der Waals surface area contributed by atoms with Gasteiger partial charge in [0.2, 0.25) is 0 Å². The Morgan fingerprint density at radius 2 is 2.11 bits per heavy atom. The van der Waals surface area contributed by atoms with Crippen molar-refractivity contribution in [1.29, 1.82) is 0 Å². The monoisotopic (exact) mass is 420 g/mol. The average Bonchev–Trinajstić information content (AvgIpc) is 3.11. The number of nitrogens with two attached hydrogens (primary N) is 1. The van der Waals surface area contributed by atoms with E-state index in [1.807, 2.05) is 17.4 Å². The highest BCUT2D eigenvalue weighted by molar-refractivity contribution is 6.36. The van der Waals surface area contributed by atoms with E-state index in [0.29, 0.717) is 47.8 Å². The molecule has 1 amide bonds. The van der Waals surface area contributed by atoms with Gasteiger partial charge in [0.15, 0.2) is 5.69 Å². The van der Waals surface area contributed by atoms with Crippen LogP contribution in [0.1, 0.15) is 21.7 Å². The van der Waals surface area contributed by atoms with Crippen molar-refractivity contribution < 1.29 is 13.9 Å². The topological polar surface area (TPSA) is 88.3 Å². The molecule has 3 heterocycles. The number of carbonyl (C=O) groups excluding carboxylic acids is 1. The summed E-state index contributed by atoms with van der Waals surface area (Å²) >= 11 is 12.5. The number of ether oxygens (including phenoxy) is 1. The minimum Gasteiger partial charge on any atom is -0.378 e. The first kappa shape index (κ1) is 19.1. The number of H-pyrrole nitrogens is 1. The van der Waals surface area contributed by atoms with Crippen molar-refractivity contribution in [3.05, 3.63) is 51.4 Å². The first-order chi connectivity index (χ1) is 13.5. The standard InChI is InChI=1S/C19H19Cl2N5O2/c1-11-14(9-22)17(13-3-2-12(20)8-15(13)21)26-10-16(24-19(26)23-11)18(27)25-4-6-28-7-5-25/h2-3,8,10H,4-7,9,22H2,1H3/p+1. The molecule has 0 bridgehead atoms. The van der Waals surface area contributed by atoms with Gasteiger partial charge in [-0.05, 0) is 25.1 Å². The van der Waals surface area contributed by atoms with E-state index in [1.165, 1.54) is 0 Å². The number of aromatic amines is 1. The first-order valence-electron chi connectivity index (χ1n) is 8.96. The van der Waals surface area contributed by atoms with E-state index in [-0.39, 0.29) is 12.5 Å². The number of nitrogens with one attached hydrogen (secondary N) is 1. The van der Waals surface area contributed by atoms with Crippen LogP contribution in [0.3, 0.4) is 0 Å². The molecular weight excluding hydrogens is 401 g/mol. The lowest BCUT2D eigenvalue weighted by molar-refractivity contribution is -0.501. The van der Waals surface area contributed by atoms with E-state index < -0.39 is 0 Å². The fourth-order valence-electron chi connectivity index (χ4n) is 3.46. The van der Waals surface area contributed by atoms with Crippen LogP contribution in [0.2, 0.25) is 10.0 Å². The van der Waals surface area contributed by atoms with Gasteiger partial charge in [0, 0.05) is 35.8 Å². The fourth-order valence-corrected chi connectivity index (χ4v) is 3.96. The molecule has 0 aliphatic carbocycles. The largest absolute Gasteiger partial charge is 0.402 e. The summed E-state index contributed by atoms with van der Waals surface area (Å²) in [5, 5.41) is 1.05. The van der Waals surface area contributed by atoms with Gasteiger partial charge < -0.3 is 15.4 Å². The Hall–Kier alpha value is -2.19. The van der Waals surface area contributed by atoms with Crippen LogP contribution in [-0.2, 0) is 11.3 Å². The minimum absolute atomic E-state index is 0.0890. The lowest BCUT2D eigenvalue weighted by Gasteiger charge is -2.25. The third-order valence-corrected chi connectivity index (χ3v) is 5.44. The number of halogens is 2. The number of fused-ring (bicyclic) bond motifs is 1. The molecule has 1 fully saturated rings. The lowest BCUT2D eigenvalue weighted by Crippen LogP contribution is -2.41. The Morgan fingerprint density at radius 1 is 1.36 bits per heavy atom. The van der Waals surface area contributed by atoms with Crippen molar-refractivity contribution >= 4 is 34.9 Å². The third-order valence-electron chi connectivity index (χ3n) is 4.89. The molecule has 4 rings (SSSR count). The second-order valence-corrected chi connectivity index (χ2v) is 7.46. The molecular formula is C19H20Cl2N5O2+. The second-order valence-electron chi connectivity index (χ2n) is 6.62. The third kappa shape index (κ3) is 3.35. The van der Waals surface area contributed by atoms with Gasteiger partial charge in [-0.15, -0.1) is 0 Å². The van der Waals surface area contributed by atoms with E-state index in [9.17, 15) is 4.79 Å². The molecule has 28 heavy (non-hydrogen) atoms. The Labute approximate surface area is 172 Å². The number of benzene rings is 1. The summed E-state index contributed by atoms with van der Waals surface area (Å²) < 4.78 is 7.16. The molecule has 3 N–H and O–H groups in total. The van der Waals surface area contributed by atoms with Crippen molar-refractivity contribution in [2.45, 2.75) is 13.5 Å². The van der Waals surface area contributed by atoms with E-state index in [2.05, 4.69) is 9.97 Å². The molecule has 1 saturated heterocycles. The molecule has 1 aromatic carbocycles. The molecule has 0 atom stereocenters. The zero-order valence-corrected chi connectivity index (χ0v) is 16.8. The maximum Gasteiger partial charge on any atom is 0.402 e. The minimum atomic E-state index is -0.0890. The van der Waals surface area contributed by atoms with Gasteiger partial charge in [0.25, 0.3) is 5.91 Å². The zero-order chi connectivity index (χ0) is 19.8. The van der Waals surface area contributed by atoms with E-state index in [1.54, 1.807) is 23.2 Å². The van der Waals surface area contributed by atoms with Gasteiger partial charge in [-0.25, -0.2) is 4.98 Å². The van der Waals surface area contributed by atoms with Crippen molar-refractivity contribution in [2.24, 2.45) is 5.73 Å². The molecule has 1 aliphatic rings. The number of nitrogens with zero attached hydrogens (tertiary/aromatic N) is 3. The van der Waals surface area contributed by atoms with Crippen LogP contribution >= 0.6 is 23.2 Å². The molecule has 0 unspecified atom stereocenters. The summed E-state index contributed by atoms with van der Waals surface area (Å²) in [6.45, 7) is 4.39. The van der Waals surface area contributed by atoms with E-state index >= 15 is 0 Å². The van der Waals surface area contributed by atoms with Crippen molar-refractivity contribution in [1.82, 2.24) is 14.9 Å². The number of amides is 1. The van der Waals surface area contributed by atoms with Gasteiger partial charge in [-0.1, -0.05) is 28.2 Å². The molecule has 0 radical (unpaired) electrons. The number of aromatic nitrogens is 3. The molecule has 0 spiro atoms. The van der Waals surface area contributed by atoms with Crippen LogP contribution in [0.4, 0.5) is 0 Å². The molecule has 146 valence electrons. The predicted octanol–water partition coefficient (Wildman–Crippen LogP) is 2.36. The van der Waals surface area contributed by atoms with Crippen molar-refractivity contribution in [3.8, 4) is 11.3 Å². The quantitative estimate of drug-likeness (QED) is 0.636. The van der Waals surface area contributed by atoms with Gasteiger partial charge in [0.1, 0.15) is 17.6 Å². The Bertz CT molecular complexity index is 1060. The number of rotatable bonds is 3. The number of morpholine rings is 1. The number of imidazole rings is 1. The number of hydrogen-bond acceptors (Lipinski definition) is 4. The maximum atomic E-state index is 12.9. The molecule has 3 aromatic rings. The molecule has 0 saturated carbocycles. The van der Waals surface area contributed by atoms with Crippen LogP contribution in [0.15, 0.2) is 24.4 Å². The average molecular weight is 421 g/mol. The van der Waals surface area contributed by atoms with Gasteiger partial charge >= 0.3 is 5.78 Å². The SMILES string of the molecule is Cc1nc2[nH]c(C(=O)N3CCOCC3)c[n+]2c(-c2ccc(Cl)cc2Cl)c1CN. The summed E-state index contributed by atoms with van der Waals surface area (Å²) in [5.74, 6) is 0.459. The van der Waals surface area contributed by atoms with Crippen molar-refractivity contribution in [3.63, 3.8) is 0 Å². The Kier molecular flexibility index (Phi) is 5.25. The molecule has 1 aliphatic heterocycles. The van der Waals surface area contributed by atoms with E-state index in [0.717, 1.165) is 22.5 Å². The highest BCUT2D eigenvalue weighted by atomic mass is 35.5. The summed E-state index contributed by atoms with van der Waals surface area (Å²) in [7, 11) is 0. The summed E-state index contributed by atoms with van der Waals surface area (Å²) in [6, 6.07) is 5.31. The number of aryl methyl sites for hydroxylation is 1. The molecule has 7 nitrogen and oxygen atoms in total. The summed E-state index contributed by atoms with van der Waals surface area (Å²) in [6.07, 6.45) is 1.75. The predicted molar refractivity (Wildman–Crippen MR) is 107 cm³/mol. The van der Waals surface area contributed by atoms with Crippen molar-refractivity contribution in [2.75, 3.05) is 26.3 Å². The molecule has 2 aromatic heterocycles. The highest BCUT2D eigenvalue weighted by Crippen LogP contribution is 2.31. The maximum absolute atomic E-state index is 12.9. The second kappa shape index (κ2) is 7.67. The Balaban J connectivity index is 1.89. The van der Waals surface area contributed by atoms with Crippen LogP contribution in [0.25, 0.3) is 17.0 Å². The van der Waals surface area contributed by atoms with Crippen LogP contribution in [0.5, 0.6) is 0 Å². The fraction of sp³-hybridized carbons (Fsp3) is 0.316. The van der Waals surface area contributed by atoms with Gasteiger partial charge in [0.05, 0.1) is 18.2 Å². The van der Waals surface area contributed by atoms with Crippen LogP contribution < -0.4 is 10.1 Å². The normalized spacial score (nSPS) is 14.6. The zero-order valence-electron chi connectivity index (χ0n) is 15.3. The number of carbonyl (C=O) groups is 1. The van der Waals surface area contributed by atoms with Gasteiger partial charge in [-0.2, -0.15) is 4.40 Å². The highest BCUT2D eigenvalue weighted by Gasteiger charge is 2.28. The smallest absolute Gasteiger partial charge is 0.378 e. The number of hydrogen-bond donors (Lipinski definition) is 2. The lowest BCUT2D eigenvalue weighted by atomic mass is 10.0. The summed E-state index contributed by atoms with van der Waals surface area (Å²) in [5.41, 5.74) is 9.67. The molecule has 9 heteroatoms. The summed E-state index contributed by atoms with van der Waals surface area (Å²) in [4.78, 5) is 22.4. The van der Waals surface area contributed by atoms with Crippen LogP contribution in [-0.4, -0.2) is 47.1 Å². The van der Waals surface area contributed by atoms with Gasteiger partial charge in [-0.3, -0.25) is 4.79 Å². The van der Waals surface area contributed by atoms with Crippen LogP contribution in [0, 0.1) is 6.92 Å². The van der Waals surface area contributed by atoms with E-state index in [4.69, 9.17) is 33.7 Å². The Morgan fingerprint density at radius 3 is 2.79 bits per heavy atom.